The van der Waals surface area contributed by atoms with E-state index in [1.165, 1.54) is 0 Å². The maximum absolute atomic E-state index is 11.6. The third-order valence-corrected chi connectivity index (χ3v) is 3.19. The summed E-state index contributed by atoms with van der Waals surface area (Å²) in [7, 11) is 0. The van der Waals surface area contributed by atoms with Crippen molar-refractivity contribution in [3.8, 4) is 0 Å². The summed E-state index contributed by atoms with van der Waals surface area (Å²) in [4.78, 5) is 24.4. The lowest BCUT2D eigenvalue weighted by molar-refractivity contribution is -0.123. The van der Waals surface area contributed by atoms with Crippen LogP contribution in [0.4, 0.5) is 0 Å². The standard InChI is InChI=1S/C12H24N4O2/c13-6-2-1-3-12(18)15-10-4-7-16(8-5-10)9-11(14)17/h10H,1-9,13H2,(H2,14,17)(H,15,18). The molecular weight excluding hydrogens is 232 g/mol. The van der Waals surface area contributed by atoms with E-state index in [0.29, 0.717) is 19.5 Å². The van der Waals surface area contributed by atoms with Crippen molar-refractivity contribution in [2.75, 3.05) is 26.2 Å². The number of nitrogens with zero attached hydrogens (tertiary/aromatic N) is 1. The van der Waals surface area contributed by atoms with Gasteiger partial charge in [0.1, 0.15) is 0 Å². The normalized spacial score (nSPS) is 17.6. The highest BCUT2D eigenvalue weighted by Crippen LogP contribution is 2.10. The fourth-order valence-corrected chi connectivity index (χ4v) is 2.19. The van der Waals surface area contributed by atoms with Crippen LogP contribution in [0.5, 0.6) is 0 Å². The van der Waals surface area contributed by atoms with Gasteiger partial charge in [-0.15, -0.1) is 0 Å². The minimum absolute atomic E-state index is 0.108. The van der Waals surface area contributed by atoms with Gasteiger partial charge in [-0.1, -0.05) is 0 Å². The molecule has 1 fully saturated rings. The zero-order valence-electron chi connectivity index (χ0n) is 10.9. The zero-order chi connectivity index (χ0) is 13.4. The molecule has 0 unspecified atom stereocenters. The number of carbonyl (C=O) groups excluding carboxylic acids is 2. The van der Waals surface area contributed by atoms with Crippen LogP contribution in [0.2, 0.25) is 0 Å². The molecule has 0 saturated carbocycles. The van der Waals surface area contributed by atoms with Gasteiger partial charge in [-0.05, 0) is 32.2 Å². The lowest BCUT2D eigenvalue weighted by Crippen LogP contribution is -2.46. The summed E-state index contributed by atoms with van der Waals surface area (Å²) in [6.07, 6.45) is 4.07. The molecule has 0 atom stereocenters. The number of unbranched alkanes of at least 4 members (excludes halogenated alkanes) is 1. The quantitative estimate of drug-likeness (QED) is 0.518. The number of hydrogen-bond acceptors (Lipinski definition) is 4. The summed E-state index contributed by atoms with van der Waals surface area (Å²) in [6.45, 7) is 2.59. The topological polar surface area (TPSA) is 101 Å². The fraction of sp³-hybridized carbons (Fsp3) is 0.833. The minimum Gasteiger partial charge on any atom is -0.369 e. The van der Waals surface area contributed by atoms with Crippen LogP contribution >= 0.6 is 0 Å². The predicted octanol–water partition coefficient (Wildman–Crippen LogP) is -0.819. The summed E-state index contributed by atoms with van der Waals surface area (Å²) < 4.78 is 0. The summed E-state index contributed by atoms with van der Waals surface area (Å²) >= 11 is 0. The Hall–Kier alpha value is -1.14. The maximum atomic E-state index is 11.6. The molecule has 1 heterocycles. The lowest BCUT2D eigenvalue weighted by atomic mass is 10.0. The van der Waals surface area contributed by atoms with Crippen LogP contribution in [0, 0.1) is 0 Å². The van der Waals surface area contributed by atoms with Gasteiger partial charge in [-0.25, -0.2) is 0 Å². The van der Waals surface area contributed by atoms with E-state index in [9.17, 15) is 9.59 Å². The van der Waals surface area contributed by atoms with E-state index < -0.39 is 0 Å². The van der Waals surface area contributed by atoms with Gasteiger partial charge in [0.2, 0.25) is 11.8 Å². The molecule has 2 amide bonds. The Morgan fingerprint density at radius 2 is 1.89 bits per heavy atom. The van der Waals surface area contributed by atoms with E-state index in [0.717, 1.165) is 38.8 Å². The average Bonchev–Trinajstić information content (AvgIpc) is 2.31. The zero-order valence-corrected chi connectivity index (χ0v) is 10.9. The second-order valence-corrected chi connectivity index (χ2v) is 4.83. The van der Waals surface area contributed by atoms with Crippen LogP contribution in [0.1, 0.15) is 32.1 Å². The van der Waals surface area contributed by atoms with Crippen molar-refractivity contribution >= 4 is 11.8 Å². The van der Waals surface area contributed by atoms with Crippen molar-refractivity contribution in [1.82, 2.24) is 10.2 Å². The third kappa shape index (κ3) is 5.97. The first kappa shape index (κ1) is 14.9. The van der Waals surface area contributed by atoms with Gasteiger partial charge < -0.3 is 16.8 Å². The number of likely N-dealkylation sites (tertiary alicyclic amines) is 1. The molecule has 1 saturated heterocycles. The summed E-state index contributed by atoms with van der Waals surface area (Å²) in [5, 5.41) is 3.03. The number of primary amides is 1. The first-order valence-corrected chi connectivity index (χ1v) is 6.62. The molecule has 5 N–H and O–H groups in total. The molecule has 0 radical (unpaired) electrons. The Labute approximate surface area is 108 Å². The highest BCUT2D eigenvalue weighted by Gasteiger charge is 2.21. The van der Waals surface area contributed by atoms with Crippen molar-refractivity contribution in [1.29, 1.82) is 0 Å². The number of hydrogen-bond donors (Lipinski definition) is 3. The van der Waals surface area contributed by atoms with Gasteiger partial charge in [-0.3, -0.25) is 14.5 Å². The third-order valence-electron chi connectivity index (χ3n) is 3.19. The maximum Gasteiger partial charge on any atom is 0.231 e. The number of nitrogens with one attached hydrogen (secondary N) is 1. The smallest absolute Gasteiger partial charge is 0.231 e. The van der Waals surface area contributed by atoms with Crippen LogP contribution in [0.15, 0.2) is 0 Å². The molecule has 104 valence electrons. The van der Waals surface area contributed by atoms with E-state index >= 15 is 0 Å². The van der Waals surface area contributed by atoms with E-state index in [2.05, 4.69) is 5.32 Å². The number of amides is 2. The number of nitrogens with two attached hydrogens (primary N) is 2. The fourth-order valence-electron chi connectivity index (χ4n) is 2.19. The first-order valence-electron chi connectivity index (χ1n) is 6.62. The Morgan fingerprint density at radius 3 is 2.44 bits per heavy atom. The summed E-state index contributed by atoms with van der Waals surface area (Å²) in [6, 6.07) is 0.236. The molecule has 1 aliphatic heterocycles. The van der Waals surface area contributed by atoms with Gasteiger partial charge >= 0.3 is 0 Å². The Morgan fingerprint density at radius 1 is 1.22 bits per heavy atom. The largest absolute Gasteiger partial charge is 0.369 e. The molecule has 6 nitrogen and oxygen atoms in total. The van der Waals surface area contributed by atoms with Crippen molar-refractivity contribution in [3.63, 3.8) is 0 Å². The van der Waals surface area contributed by atoms with Gasteiger partial charge in [0.05, 0.1) is 6.54 Å². The van der Waals surface area contributed by atoms with Crippen LogP contribution in [-0.2, 0) is 9.59 Å². The highest BCUT2D eigenvalue weighted by atomic mass is 16.2. The second kappa shape index (κ2) is 8.05. The van der Waals surface area contributed by atoms with Gasteiger partial charge in [0.25, 0.3) is 0 Å². The average molecular weight is 256 g/mol. The van der Waals surface area contributed by atoms with Crippen molar-refractivity contribution < 1.29 is 9.59 Å². The molecule has 6 heteroatoms. The van der Waals surface area contributed by atoms with Gasteiger partial charge in [0.15, 0.2) is 0 Å². The Balaban J connectivity index is 2.14. The number of carbonyl (C=O) groups is 2. The Kier molecular flexibility index (Phi) is 6.67. The number of piperidine rings is 1. The first-order chi connectivity index (χ1) is 8.61. The van der Waals surface area contributed by atoms with Crippen molar-refractivity contribution in [3.05, 3.63) is 0 Å². The van der Waals surface area contributed by atoms with Gasteiger partial charge in [0, 0.05) is 25.6 Å². The number of rotatable bonds is 7. The SMILES string of the molecule is NCCCCC(=O)NC1CCN(CC(N)=O)CC1. The molecule has 18 heavy (non-hydrogen) atoms. The molecule has 0 aromatic heterocycles. The molecule has 1 rings (SSSR count). The summed E-state index contributed by atoms with van der Waals surface area (Å²) in [5.41, 5.74) is 10.5. The van der Waals surface area contributed by atoms with Crippen molar-refractivity contribution in [2.24, 2.45) is 11.5 Å². The van der Waals surface area contributed by atoms with Crippen LogP contribution in [-0.4, -0.2) is 48.9 Å². The molecule has 0 spiro atoms. The molecular formula is C12H24N4O2. The summed E-state index contributed by atoms with van der Waals surface area (Å²) in [5.74, 6) is -0.184. The van der Waals surface area contributed by atoms with E-state index in [1.54, 1.807) is 0 Å². The lowest BCUT2D eigenvalue weighted by Gasteiger charge is -2.31. The molecule has 0 aliphatic carbocycles. The van der Waals surface area contributed by atoms with E-state index in [4.69, 9.17) is 11.5 Å². The van der Waals surface area contributed by atoms with Crippen molar-refractivity contribution in [2.45, 2.75) is 38.1 Å². The van der Waals surface area contributed by atoms with E-state index in [-0.39, 0.29) is 17.9 Å². The molecule has 0 bridgehead atoms. The molecule has 0 aromatic rings. The molecule has 0 aromatic carbocycles. The minimum atomic E-state index is -0.292. The van der Waals surface area contributed by atoms with Crippen LogP contribution in [0.25, 0.3) is 0 Å². The van der Waals surface area contributed by atoms with Gasteiger partial charge in [-0.2, -0.15) is 0 Å². The molecule has 1 aliphatic rings. The van der Waals surface area contributed by atoms with E-state index in [1.807, 2.05) is 4.90 Å². The Bertz CT molecular complexity index is 275. The van der Waals surface area contributed by atoms with Crippen LogP contribution < -0.4 is 16.8 Å². The van der Waals surface area contributed by atoms with Crippen LogP contribution in [0.3, 0.4) is 0 Å². The predicted molar refractivity (Wildman–Crippen MR) is 69.7 cm³/mol. The highest BCUT2D eigenvalue weighted by molar-refractivity contribution is 5.76. The second-order valence-electron chi connectivity index (χ2n) is 4.83. The monoisotopic (exact) mass is 256 g/mol.